The van der Waals surface area contributed by atoms with Crippen LogP contribution in [0.2, 0.25) is 0 Å². The van der Waals surface area contributed by atoms with Crippen LogP contribution in [0.1, 0.15) is 17.4 Å². The first-order valence-electron chi connectivity index (χ1n) is 6.38. The van der Waals surface area contributed by atoms with Gasteiger partial charge in [0.2, 0.25) is 5.89 Å². The van der Waals surface area contributed by atoms with Gasteiger partial charge in [-0.15, -0.1) is 0 Å². The van der Waals surface area contributed by atoms with Gasteiger partial charge in [-0.25, -0.2) is 9.50 Å². The van der Waals surface area contributed by atoms with Crippen LogP contribution >= 0.6 is 0 Å². The van der Waals surface area contributed by atoms with Gasteiger partial charge in [0, 0.05) is 31.4 Å². The van der Waals surface area contributed by atoms with Crippen LogP contribution in [0.5, 0.6) is 0 Å². The van der Waals surface area contributed by atoms with Crippen LogP contribution in [-0.2, 0) is 12.6 Å². The molecular formula is C12H11F3N6O. The number of halogens is 3. The lowest BCUT2D eigenvalue weighted by Gasteiger charge is -2.04. The van der Waals surface area contributed by atoms with Gasteiger partial charge in [-0.1, -0.05) is 5.16 Å². The fraction of sp³-hybridized carbons (Fsp3) is 0.333. The van der Waals surface area contributed by atoms with Crippen molar-refractivity contribution < 1.29 is 17.7 Å². The minimum atomic E-state index is -4.50. The van der Waals surface area contributed by atoms with E-state index in [1.807, 2.05) is 0 Å². The number of alkyl halides is 3. The second-order valence-corrected chi connectivity index (χ2v) is 4.55. The first-order valence-corrected chi connectivity index (χ1v) is 6.38. The van der Waals surface area contributed by atoms with Crippen molar-refractivity contribution in [1.29, 1.82) is 0 Å². The fourth-order valence-corrected chi connectivity index (χ4v) is 1.93. The van der Waals surface area contributed by atoms with Crippen molar-refractivity contribution in [2.24, 2.45) is 0 Å². The Labute approximate surface area is 122 Å². The fourth-order valence-electron chi connectivity index (χ4n) is 1.93. The Bertz CT molecular complexity index is 794. The van der Waals surface area contributed by atoms with E-state index in [0.29, 0.717) is 30.5 Å². The zero-order chi connectivity index (χ0) is 15.7. The lowest BCUT2D eigenvalue weighted by atomic mass is 10.3. The molecule has 0 saturated carbocycles. The van der Waals surface area contributed by atoms with Gasteiger partial charge in [-0.2, -0.15) is 23.3 Å². The summed E-state index contributed by atoms with van der Waals surface area (Å²) in [5.41, 5.74) is -0.715. The maximum Gasteiger partial charge on any atom is 0.435 e. The Morgan fingerprint density at radius 3 is 2.86 bits per heavy atom. The van der Waals surface area contributed by atoms with Crippen LogP contribution in [0.15, 0.2) is 23.0 Å². The summed E-state index contributed by atoms with van der Waals surface area (Å²) in [6, 6.07) is 0.951. The topological polar surface area (TPSA) is 81.1 Å². The van der Waals surface area contributed by atoms with E-state index in [1.165, 1.54) is 12.4 Å². The van der Waals surface area contributed by atoms with E-state index >= 15 is 0 Å². The largest absolute Gasteiger partial charge is 0.435 e. The predicted octanol–water partition coefficient (Wildman–Crippen LogP) is 2.09. The number of nitrogens with zero attached hydrogens (tertiary/aromatic N) is 5. The maximum absolute atomic E-state index is 12.7. The van der Waals surface area contributed by atoms with Crippen LogP contribution in [0.25, 0.3) is 5.52 Å². The molecule has 0 unspecified atom stereocenters. The molecular weight excluding hydrogens is 301 g/mol. The van der Waals surface area contributed by atoms with E-state index in [4.69, 9.17) is 4.52 Å². The van der Waals surface area contributed by atoms with E-state index < -0.39 is 11.9 Å². The summed E-state index contributed by atoms with van der Waals surface area (Å²) in [4.78, 5) is 8.07. The van der Waals surface area contributed by atoms with Crippen LogP contribution in [0.3, 0.4) is 0 Å². The highest BCUT2D eigenvalue weighted by Gasteiger charge is 2.34. The molecule has 0 amide bonds. The van der Waals surface area contributed by atoms with Crippen LogP contribution in [0.4, 0.5) is 19.0 Å². The van der Waals surface area contributed by atoms with E-state index in [2.05, 4.69) is 25.5 Å². The summed E-state index contributed by atoms with van der Waals surface area (Å²) in [6.45, 7) is 2.09. The molecule has 0 radical (unpaired) electrons. The van der Waals surface area contributed by atoms with Gasteiger partial charge >= 0.3 is 6.18 Å². The molecule has 0 aliphatic rings. The molecule has 3 aromatic rings. The third kappa shape index (κ3) is 2.85. The summed E-state index contributed by atoms with van der Waals surface area (Å²) < 4.78 is 44.2. The Hall–Kier alpha value is -2.65. The number of fused-ring (bicyclic) bond motifs is 1. The number of hydrogen-bond acceptors (Lipinski definition) is 6. The summed E-state index contributed by atoms with van der Waals surface area (Å²) >= 11 is 0. The molecule has 1 N–H and O–H groups in total. The first kappa shape index (κ1) is 14.3. The molecule has 0 aromatic carbocycles. The zero-order valence-corrected chi connectivity index (χ0v) is 11.4. The van der Waals surface area contributed by atoms with E-state index in [-0.39, 0.29) is 5.52 Å². The average Bonchev–Trinajstić information content (AvgIpc) is 3.05. The molecule has 0 bridgehead atoms. The molecule has 0 aliphatic carbocycles. The maximum atomic E-state index is 12.7. The van der Waals surface area contributed by atoms with Crippen molar-refractivity contribution in [2.75, 3.05) is 11.9 Å². The average molecular weight is 312 g/mol. The SMILES string of the molecule is Cc1noc(CCNc2nccn3nc(C(F)(F)F)cc23)n1. The van der Waals surface area contributed by atoms with Crippen molar-refractivity contribution in [2.45, 2.75) is 19.5 Å². The summed E-state index contributed by atoms with van der Waals surface area (Å²) in [5.74, 6) is 1.28. The molecule has 10 heteroatoms. The molecule has 0 atom stereocenters. The summed E-state index contributed by atoms with van der Waals surface area (Å²) in [5, 5.41) is 10.1. The van der Waals surface area contributed by atoms with Crippen molar-refractivity contribution in [1.82, 2.24) is 24.7 Å². The minimum Gasteiger partial charge on any atom is -0.368 e. The van der Waals surface area contributed by atoms with Crippen LogP contribution in [-0.4, -0.2) is 31.3 Å². The molecule has 3 rings (SSSR count). The molecule has 3 heterocycles. The third-order valence-electron chi connectivity index (χ3n) is 2.88. The molecule has 0 saturated heterocycles. The number of hydrogen-bond donors (Lipinski definition) is 1. The predicted molar refractivity (Wildman–Crippen MR) is 69.2 cm³/mol. The van der Waals surface area contributed by atoms with E-state index in [0.717, 1.165) is 10.6 Å². The number of anilines is 1. The third-order valence-corrected chi connectivity index (χ3v) is 2.88. The highest BCUT2D eigenvalue weighted by atomic mass is 19.4. The molecule has 0 aliphatic heterocycles. The zero-order valence-electron chi connectivity index (χ0n) is 11.4. The molecule has 0 fully saturated rings. The Morgan fingerprint density at radius 2 is 2.18 bits per heavy atom. The smallest absolute Gasteiger partial charge is 0.368 e. The Kier molecular flexibility index (Phi) is 3.43. The normalized spacial score (nSPS) is 12.0. The van der Waals surface area contributed by atoms with Crippen molar-refractivity contribution >= 4 is 11.3 Å². The van der Waals surface area contributed by atoms with Crippen molar-refractivity contribution in [3.63, 3.8) is 0 Å². The van der Waals surface area contributed by atoms with Gasteiger partial charge < -0.3 is 9.84 Å². The highest BCUT2D eigenvalue weighted by molar-refractivity contribution is 5.67. The Morgan fingerprint density at radius 1 is 1.36 bits per heavy atom. The van der Waals surface area contributed by atoms with Crippen LogP contribution < -0.4 is 5.32 Å². The summed E-state index contributed by atoms with van der Waals surface area (Å²) in [7, 11) is 0. The summed E-state index contributed by atoms with van der Waals surface area (Å²) in [6.07, 6.45) is -1.33. The van der Waals surface area contributed by atoms with Gasteiger partial charge in [0.15, 0.2) is 17.3 Å². The van der Waals surface area contributed by atoms with Gasteiger partial charge in [0.25, 0.3) is 0 Å². The first-order chi connectivity index (χ1) is 10.4. The standard InChI is InChI=1S/C12H11F3N6O/c1-7-18-10(22-20-7)2-3-16-11-8-6-9(12(13,14)15)19-21(8)5-4-17-11/h4-6H,2-3H2,1H3,(H,16,17). The molecule has 3 aromatic heterocycles. The quantitative estimate of drug-likeness (QED) is 0.794. The van der Waals surface area contributed by atoms with Crippen molar-refractivity contribution in [3.05, 3.63) is 35.9 Å². The lowest BCUT2D eigenvalue weighted by Crippen LogP contribution is -2.08. The lowest BCUT2D eigenvalue weighted by molar-refractivity contribution is -0.141. The minimum absolute atomic E-state index is 0.247. The van der Waals surface area contributed by atoms with Gasteiger partial charge in [-0.3, -0.25) is 0 Å². The van der Waals surface area contributed by atoms with E-state index in [1.54, 1.807) is 6.92 Å². The molecule has 0 spiro atoms. The molecule has 22 heavy (non-hydrogen) atoms. The second kappa shape index (κ2) is 5.28. The van der Waals surface area contributed by atoms with Gasteiger partial charge in [0.1, 0.15) is 5.52 Å². The Balaban J connectivity index is 1.77. The monoisotopic (exact) mass is 312 g/mol. The number of aryl methyl sites for hydroxylation is 1. The van der Waals surface area contributed by atoms with Gasteiger partial charge in [0.05, 0.1) is 0 Å². The van der Waals surface area contributed by atoms with Crippen LogP contribution in [0, 0.1) is 6.92 Å². The number of aromatic nitrogens is 5. The number of rotatable bonds is 4. The highest BCUT2D eigenvalue weighted by Crippen LogP contribution is 2.29. The van der Waals surface area contributed by atoms with Gasteiger partial charge in [-0.05, 0) is 6.92 Å². The van der Waals surface area contributed by atoms with Crippen molar-refractivity contribution in [3.8, 4) is 0 Å². The number of nitrogens with one attached hydrogen (secondary N) is 1. The second-order valence-electron chi connectivity index (χ2n) is 4.55. The van der Waals surface area contributed by atoms with E-state index in [9.17, 15) is 13.2 Å². The molecule has 7 nitrogen and oxygen atoms in total. The molecule has 116 valence electrons.